The molecular weight excluding hydrogens is 436 g/mol. The van der Waals surface area contributed by atoms with E-state index in [1.807, 2.05) is 43.4 Å². The molecule has 0 atom stereocenters. The second kappa shape index (κ2) is 6.29. The Labute approximate surface area is 157 Å². The molecule has 1 aromatic carbocycles. The molecule has 5 nitrogen and oxygen atoms in total. The van der Waals surface area contributed by atoms with Gasteiger partial charge >= 0.3 is 0 Å². The molecule has 0 unspecified atom stereocenters. The average molecular weight is 451 g/mol. The Balaban J connectivity index is 2.31. The zero-order valence-corrected chi connectivity index (χ0v) is 16.0. The number of aldehydes is 1. The van der Waals surface area contributed by atoms with Crippen LogP contribution in [-0.2, 0) is 5.41 Å². The maximum atomic E-state index is 14.7. The standard InChI is InChI=1S/C18H15FIN3O2/c1-18(2,3)12-4-10-7-22-23(17(25)15(10)13(19)5-12)14-8-21-6-11(9-24)16(14)20/h4-9H,1-3H3. The van der Waals surface area contributed by atoms with Crippen LogP contribution in [-0.4, -0.2) is 21.1 Å². The lowest BCUT2D eigenvalue weighted by Crippen LogP contribution is -2.24. The topological polar surface area (TPSA) is 64.8 Å². The van der Waals surface area contributed by atoms with Gasteiger partial charge in [-0.15, -0.1) is 0 Å². The minimum atomic E-state index is -0.585. The van der Waals surface area contributed by atoms with Crippen LogP contribution >= 0.6 is 22.6 Å². The molecule has 25 heavy (non-hydrogen) atoms. The number of benzene rings is 1. The fourth-order valence-corrected chi connectivity index (χ4v) is 3.15. The third-order valence-corrected chi connectivity index (χ3v) is 5.12. The van der Waals surface area contributed by atoms with Crippen molar-refractivity contribution in [3.8, 4) is 5.69 Å². The summed E-state index contributed by atoms with van der Waals surface area (Å²) in [5.74, 6) is -0.585. The van der Waals surface area contributed by atoms with E-state index in [0.29, 0.717) is 26.5 Å². The highest BCUT2D eigenvalue weighted by molar-refractivity contribution is 14.1. The summed E-state index contributed by atoms with van der Waals surface area (Å²) < 4.78 is 16.3. The molecule has 3 rings (SSSR count). The zero-order chi connectivity index (χ0) is 18.4. The minimum absolute atomic E-state index is 0.0321. The maximum Gasteiger partial charge on any atom is 0.282 e. The molecule has 0 bridgehead atoms. The molecule has 0 amide bonds. The fourth-order valence-electron chi connectivity index (χ4n) is 2.52. The van der Waals surface area contributed by atoms with Gasteiger partial charge in [0.15, 0.2) is 6.29 Å². The number of rotatable bonds is 2. The van der Waals surface area contributed by atoms with Gasteiger partial charge in [0.1, 0.15) is 11.5 Å². The molecule has 0 N–H and O–H groups in total. The van der Waals surface area contributed by atoms with Gasteiger partial charge in [0.25, 0.3) is 5.56 Å². The number of hydrogen-bond acceptors (Lipinski definition) is 4. The number of halogens is 2. The van der Waals surface area contributed by atoms with E-state index < -0.39 is 11.4 Å². The van der Waals surface area contributed by atoms with Gasteiger partial charge in [-0.3, -0.25) is 14.6 Å². The van der Waals surface area contributed by atoms with Gasteiger partial charge in [-0.05, 0) is 45.7 Å². The summed E-state index contributed by atoms with van der Waals surface area (Å²) >= 11 is 1.94. The van der Waals surface area contributed by atoms with E-state index in [0.717, 1.165) is 10.2 Å². The predicted octanol–water partition coefficient (Wildman–Crippen LogP) is 3.63. The van der Waals surface area contributed by atoms with Crippen LogP contribution in [0.25, 0.3) is 16.5 Å². The number of hydrogen-bond donors (Lipinski definition) is 0. The van der Waals surface area contributed by atoms with Crippen molar-refractivity contribution in [2.75, 3.05) is 0 Å². The smallest absolute Gasteiger partial charge is 0.282 e. The summed E-state index contributed by atoms with van der Waals surface area (Å²) in [6, 6.07) is 3.17. The lowest BCUT2D eigenvalue weighted by atomic mass is 9.86. The van der Waals surface area contributed by atoms with Crippen LogP contribution in [0, 0.1) is 9.39 Å². The fraction of sp³-hybridized carbons (Fsp3) is 0.222. The second-order valence-corrected chi connectivity index (χ2v) is 7.79. The molecule has 0 aliphatic rings. The number of pyridine rings is 1. The Morgan fingerprint density at radius 2 is 1.92 bits per heavy atom. The molecule has 0 saturated carbocycles. The largest absolute Gasteiger partial charge is 0.298 e. The highest BCUT2D eigenvalue weighted by Crippen LogP contribution is 2.27. The second-order valence-electron chi connectivity index (χ2n) is 6.71. The Morgan fingerprint density at radius 1 is 1.20 bits per heavy atom. The van der Waals surface area contributed by atoms with Crippen LogP contribution in [0.2, 0.25) is 0 Å². The lowest BCUT2D eigenvalue weighted by molar-refractivity contribution is 0.112. The van der Waals surface area contributed by atoms with Crippen LogP contribution in [0.4, 0.5) is 4.39 Å². The molecule has 0 aliphatic carbocycles. The molecule has 0 fully saturated rings. The Morgan fingerprint density at radius 3 is 2.56 bits per heavy atom. The van der Waals surface area contributed by atoms with Crippen LogP contribution < -0.4 is 5.56 Å². The first-order chi connectivity index (χ1) is 11.7. The summed E-state index contributed by atoms with van der Waals surface area (Å²) in [7, 11) is 0. The zero-order valence-electron chi connectivity index (χ0n) is 13.9. The molecular formula is C18H15FIN3O2. The maximum absolute atomic E-state index is 14.7. The first-order valence-electron chi connectivity index (χ1n) is 7.55. The van der Waals surface area contributed by atoms with E-state index in [9.17, 15) is 14.0 Å². The van der Waals surface area contributed by atoms with Crippen molar-refractivity contribution in [2.24, 2.45) is 0 Å². The van der Waals surface area contributed by atoms with Gasteiger partial charge in [0.2, 0.25) is 0 Å². The molecule has 0 spiro atoms. The molecule has 2 aromatic heterocycles. The average Bonchev–Trinajstić information content (AvgIpc) is 2.54. The number of fused-ring (bicyclic) bond motifs is 1. The van der Waals surface area contributed by atoms with E-state index in [4.69, 9.17) is 0 Å². The number of carbonyl (C=O) groups excluding carboxylic acids is 1. The Kier molecular flexibility index (Phi) is 4.44. The highest BCUT2D eigenvalue weighted by atomic mass is 127. The molecule has 0 radical (unpaired) electrons. The minimum Gasteiger partial charge on any atom is -0.298 e. The van der Waals surface area contributed by atoms with Gasteiger partial charge in [-0.1, -0.05) is 20.8 Å². The molecule has 2 heterocycles. The Bertz CT molecular complexity index is 1050. The molecule has 7 heteroatoms. The quantitative estimate of drug-likeness (QED) is 0.441. The normalized spacial score (nSPS) is 11.7. The van der Waals surface area contributed by atoms with Crippen LogP contribution in [0.5, 0.6) is 0 Å². The third kappa shape index (κ3) is 3.08. The SMILES string of the molecule is CC(C)(C)c1cc(F)c2c(=O)n(-c3cncc(C=O)c3I)ncc2c1. The van der Waals surface area contributed by atoms with Crippen molar-refractivity contribution in [1.82, 2.24) is 14.8 Å². The van der Waals surface area contributed by atoms with E-state index in [1.165, 1.54) is 24.7 Å². The molecule has 128 valence electrons. The molecule has 3 aromatic rings. The number of aromatic nitrogens is 3. The van der Waals surface area contributed by atoms with E-state index in [1.54, 1.807) is 6.07 Å². The van der Waals surface area contributed by atoms with Crippen LogP contribution in [0.3, 0.4) is 0 Å². The van der Waals surface area contributed by atoms with Crippen molar-refractivity contribution in [3.05, 3.63) is 61.6 Å². The van der Waals surface area contributed by atoms with Gasteiger partial charge in [0.05, 0.1) is 21.4 Å². The van der Waals surface area contributed by atoms with Crippen molar-refractivity contribution in [1.29, 1.82) is 0 Å². The van der Waals surface area contributed by atoms with Gasteiger partial charge in [0, 0.05) is 17.1 Å². The van der Waals surface area contributed by atoms with E-state index >= 15 is 0 Å². The molecule has 0 aliphatic heterocycles. The van der Waals surface area contributed by atoms with Crippen LogP contribution in [0.15, 0.2) is 35.5 Å². The highest BCUT2D eigenvalue weighted by Gasteiger charge is 2.19. The van der Waals surface area contributed by atoms with Crippen molar-refractivity contribution in [3.63, 3.8) is 0 Å². The van der Waals surface area contributed by atoms with E-state index in [2.05, 4.69) is 10.1 Å². The first kappa shape index (κ1) is 17.7. The van der Waals surface area contributed by atoms with Gasteiger partial charge in [-0.2, -0.15) is 9.78 Å². The summed E-state index contributed by atoms with van der Waals surface area (Å²) in [5, 5.41) is 4.57. The summed E-state index contributed by atoms with van der Waals surface area (Å²) in [5.41, 5.74) is 0.641. The van der Waals surface area contributed by atoms with Gasteiger partial charge in [-0.25, -0.2) is 4.39 Å². The predicted molar refractivity (Wildman–Crippen MR) is 102 cm³/mol. The van der Waals surface area contributed by atoms with Crippen molar-refractivity contribution >= 4 is 39.6 Å². The monoisotopic (exact) mass is 451 g/mol. The first-order valence-corrected chi connectivity index (χ1v) is 8.63. The summed E-state index contributed by atoms with van der Waals surface area (Å²) in [6.45, 7) is 5.92. The summed E-state index contributed by atoms with van der Waals surface area (Å²) in [6.07, 6.45) is 4.94. The third-order valence-electron chi connectivity index (χ3n) is 3.95. The van der Waals surface area contributed by atoms with Gasteiger partial charge < -0.3 is 0 Å². The lowest BCUT2D eigenvalue weighted by Gasteiger charge is -2.20. The van der Waals surface area contributed by atoms with Crippen molar-refractivity contribution in [2.45, 2.75) is 26.2 Å². The number of carbonyl (C=O) groups is 1. The Hall–Kier alpha value is -2.16. The summed E-state index contributed by atoms with van der Waals surface area (Å²) in [4.78, 5) is 27.8. The van der Waals surface area contributed by atoms with Crippen LogP contribution in [0.1, 0.15) is 36.7 Å². The number of nitrogens with zero attached hydrogens (tertiary/aromatic N) is 3. The van der Waals surface area contributed by atoms with E-state index in [-0.39, 0.29) is 10.8 Å². The molecule has 0 saturated heterocycles. The van der Waals surface area contributed by atoms with Crippen molar-refractivity contribution < 1.29 is 9.18 Å².